The molecule has 0 saturated carbocycles. The molecule has 1 aromatic rings. The second-order valence-corrected chi connectivity index (χ2v) is 12.4. The molecule has 2 aliphatic heterocycles. The summed E-state index contributed by atoms with van der Waals surface area (Å²) in [5.74, 6) is -0.646. The molecule has 0 spiro atoms. The number of benzene rings is 1. The summed E-state index contributed by atoms with van der Waals surface area (Å²) in [5.41, 5.74) is 0.332. The van der Waals surface area contributed by atoms with Gasteiger partial charge in [-0.3, -0.25) is 4.79 Å². The van der Waals surface area contributed by atoms with E-state index in [1.807, 2.05) is 0 Å². The molecule has 180 valence electrons. The predicted octanol–water partition coefficient (Wildman–Crippen LogP) is 1.33. The molecule has 2 fully saturated rings. The molecule has 1 atom stereocenters. The van der Waals surface area contributed by atoms with Gasteiger partial charge in [-0.15, -0.1) is 0 Å². The molecule has 2 heterocycles. The Kier molecular flexibility index (Phi) is 7.81. The highest BCUT2D eigenvalue weighted by molar-refractivity contribution is 7.89. The fraction of sp³-hybridized carbons (Fsp3) is 0.650. The van der Waals surface area contributed by atoms with Gasteiger partial charge in [-0.2, -0.15) is 21.3 Å². The Morgan fingerprint density at radius 3 is 2.31 bits per heavy atom. The Morgan fingerprint density at radius 2 is 1.69 bits per heavy atom. The van der Waals surface area contributed by atoms with Crippen LogP contribution < -0.4 is 10.1 Å². The topological polar surface area (TPSA) is 116 Å². The highest BCUT2D eigenvalue weighted by atomic mass is 32.2. The van der Waals surface area contributed by atoms with E-state index in [0.29, 0.717) is 38.2 Å². The van der Waals surface area contributed by atoms with Gasteiger partial charge in [-0.05, 0) is 43.9 Å². The first-order chi connectivity index (χ1) is 15.1. The lowest BCUT2D eigenvalue weighted by Gasteiger charge is -2.32. The molecule has 12 heteroatoms. The van der Waals surface area contributed by atoms with E-state index in [1.54, 1.807) is 6.07 Å². The van der Waals surface area contributed by atoms with Crippen molar-refractivity contribution < 1.29 is 26.4 Å². The van der Waals surface area contributed by atoms with Crippen molar-refractivity contribution in [3.05, 3.63) is 18.2 Å². The molecule has 10 nitrogen and oxygen atoms in total. The zero-order chi connectivity index (χ0) is 23.5. The zero-order valence-corrected chi connectivity index (χ0v) is 20.4. The van der Waals surface area contributed by atoms with Gasteiger partial charge in [0.05, 0.1) is 13.0 Å². The fourth-order valence-corrected chi connectivity index (χ4v) is 6.93. The van der Waals surface area contributed by atoms with Crippen LogP contribution in [0.1, 0.15) is 32.1 Å². The molecule has 1 N–H and O–H groups in total. The van der Waals surface area contributed by atoms with Gasteiger partial charge < -0.3 is 10.1 Å². The van der Waals surface area contributed by atoms with E-state index in [2.05, 4.69) is 5.32 Å². The third-order valence-corrected chi connectivity index (χ3v) is 9.73. The maximum Gasteiger partial charge on any atom is 0.281 e. The van der Waals surface area contributed by atoms with Gasteiger partial charge in [0.2, 0.25) is 15.9 Å². The molecule has 0 aliphatic carbocycles. The number of nitrogens with one attached hydrogen (secondary N) is 1. The van der Waals surface area contributed by atoms with E-state index in [4.69, 9.17) is 4.74 Å². The van der Waals surface area contributed by atoms with Crippen LogP contribution in [0.2, 0.25) is 0 Å². The minimum absolute atomic E-state index is 0.0140. The Bertz CT molecular complexity index is 1040. The van der Waals surface area contributed by atoms with Crippen LogP contribution >= 0.6 is 0 Å². The van der Waals surface area contributed by atoms with E-state index < -0.39 is 26.2 Å². The van der Waals surface area contributed by atoms with Crippen LogP contribution in [0.25, 0.3) is 0 Å². The van der Waals surface area contributed by atoms with E-state index in [0.717, 1.165) is 23.6 Å². The number of methoxy groups -OCH3 is 1. The highest BCUT2D eigenvalue weighted by Gasteiger charge is 2.34. The predicted molar refractivity (Wildman–Crippen MR) is 121 cm³/mol. The normalized spacial score (nSPS) is 21.4. The van der Waals surface area contributed by atoms with Gasteiger partial charge in [-0.1, -0.05) is 6.42 Å². The molecule has 0 radical (unpaired) electrons. The summed E-state index contributed by atoms with van der Waals surface area (Å²) in [4.78, 5) is 12.9. The van der Waals surface area contributed by atoms with Crippen molar-refractivity contribution in [3.8, 4) is 5.75 Å². The molecule has 2 saturated heterocycles. The number of carbonyl (C=O) groups is 1. The number of sulfonamides is 1. The quantitative estimate of drug-likeness (QED) is 0.619. The standard InChI is InChI=1S/C20H32N4O6S2/c1-22(2)32(28,29)24-13-7-8-16(15-24)20(25)21-17-9-10-18(30-3)19(14-17)31(26,27)23-11-5-4-6-12-23/h9-10,14,16H,4-8,11-13,15H2,1-3H3,(H,21,25)/t16-/m1/s1. The summed E-state index contributed by atoms with van der Waals surface area (Å²) in [7, 11) is -3.04. The van der Waals surface area contributed by atoms with Crippen molar-refractivity contribution in [3.63, 3.8) is 0 Å². The van der Waals surface area contributed by atoms with Gasteiger partial charge in [0, 0.05) is 46.0 Å². The molecule has 2 aliphatic rings. The number of rotatable bonds is 7. The molecule has 1 amide bonds. The third kappa shape index (κ3) is 5.25. The first-order valence-corrected chi connectivity index (χ1v) is 13.6. The Labute approximate surface area is 190 Å². The molecule has 3 rings (SSSR count). The number of nitrogens with zero attached hydrogens (tertiary/aromatic N) is 3. The van der Waals surface area contributed by atoms with Gasteiger partial charge in [0.1, 0.15) is 10.6 Å². The van der Waals surface area contributed by atoms with Crippen LogP contribution in [0.4, 0.5) is 5.69 Å². The second kappa shape index (κ2) is 10.0. The summed E-state index contributed by atoms with van der Waals surface area (Å²) in [6, 6.07) is 4.52. The van der Waals surface area contributed by atoms with Crippen molar-refractivity contribution in [2.45, 2.75) is 37.0 Å². The fourth-order valence-electron chi connectivity index (χ4n) is 4.04. The van der Waals surface area contributed by atoms with Crippen LogP contribution in [0.5, 0.6) is 5.75 Å². The lowest BCUT2D eigenvalue weighted by atomic mass is 9.99. The summed E-state index contributed by atoms with van der Waals surface area (Å²) in [6.07, 6.45) is 3.75. The van der Waals surface area contributed by atoms with E-state index in [-0.39, 0.29) is 23.1 Å². The minimum atomic E-state index is -3.76. The first kappa shape index (κ1) is 24.9. The van der Waals surface area contributed by atoms with Crippen molar-refractivity contribution in [1.29, 1.82) is 0 Å². The average molecular weight is 489 g/mol. The summed E-state index contributed by atoms with van der Waals surface area (Å²) < 4.78 is 60.4. The van der Waals surface area contributed by atoms with Crippen LogP contribution in [0.15, 0.2) is 23.1 Å². The summed E-state index contributed by atoms with van der Waals surface area (Å²) >= 11 is 0. The van der Waals surface area contributed by atoms with Crippen molar-refractivity contribution in [1.82, 2.24) is 12.9 Å². The minimum Gasteiger partial charge on any atom is -0.495 e. The molecule has 1 aromatic carbocycles. The first-order valence-electron chi connectivity index (χ1n) is 10.7. The number of hydrogen-bond acceptors (Lipinski definition) is 6. The van der Waals surface area contributed by atoms with Crippen LogP contribution in [-0.2, 0) is 25.0 Å². The number of amides is 1. The highest BCUT2D eigenvalue weighted by Crippen LogP contribution is 2.31. The van der Waals surface area contributed by atoms with Crippen molar-refractivity contribution >= 4 is 31.8 Å². The van der Waals surface area contributed by atoms with Crippen molar-refractivity contribution in [2.24, 2.45) is 5.92 Å². The molecule has 0 unspecified atom stereocenters. The summed E-state index contributed by atoms with van der Waals surface area (Å²) in [5, 5.41) is 2.77. The molecule has 32 heavy (non-hydrogen) atoms. The van der Waals surface area contributed by atoms with Crippen molar-refractivity contribution in [2.75, 3.05) is 52.7 Å². The van der Waals surface area contributed by atoms with Gasteiger partial charge >= 0.3 is 0 Å². The average Bonchev–Trinajstić information content (AvgIpc) is 2.79. The Balaban J connectivity index is 1.79. The monoisotopic (exact) mass is 488 g/mol. The number of anilines is 1. The maximum atomic E-state index is 13.2. The lowest BCUT2D eigenvalue weighted by Crippen LogP contribution is -2.47. The Hall–Kier alpha value is -1.73. The zero-order valence-electron chi connectivity index (χ0n) is 18.8. The Morgan fingerprint density at radius 1 is 1.03 bits per heavy atom. The number of piperidine rings is 2. The third-order valence-electron chi connectivity index (χ3n) is 5.91. The molecule has 0 aromatic heterocycles. The second-order valence-electron chi connectivity index (χ2n) is 8.31. The van der Waals surface area contributed by atoms with E-state index in [9.17, 15) is 21.6 Å². The lowest BCUT2D eigenvalue weighted by molar-refractivity contribution is -0.120. The SMILES string of the molecule is COc1ccc(NC(=O)[C@@H]2CCCN(S(=O)(=O)N(C)C)C2)cc1S(=O)(=O)N1CCCCC1. The van der Waals surface area contributed by atoms with Gasteiger partial charge in [0.25, 0.3) is 10.2 Å². The number of carbonyl (C=O) groups excluding carboxylic acids is 1. The van der Waals surface area contributed by atoms with Crippen LogP contribution in [-0.4, -0.2) is 83.0 Å². The number of ether oxygens (including phenoxy) is 1. The largest absolute Gasteiger partial charge is 0.495 e. The van der Waals surface area contributed by atoms with Gasteiger partial charge in [0.15, 0.2) is 0 Å². The smallest absolute Gasteiger partial charge is 0.281 e. The molecule has 0 bridgehead atoms. The van der Waals surface area contributed by atoms with Crippen LogP contribution in [0, 0.1) is 5.92 Å². The van der Waals surface area contributed by atoms with Gasteiger partial charge in [-0.25, -0.2) is 8.42 Å². The summed E-state index contributed by atoms with van der Waals surface area (Å²) in [6.45, 7) is 1.37. The van der Waals surface area contributed by atoms with E-state index >= 15 is 0 Å². The molecular formula is C20H32N4O6S2. The van der Waals surface area contributed by atoms with E-state index in [1.165, 1.54) is 41.9 Å². The van der Waals surface area contributed by atoms with Crippen LogP contribution in [0.3, 0.4) is 0 Å². The molecular weight excluding hydrogens is 456 g/mol. The number of hydrogen-bond donors (Lipinski definition) is 1. The maximum absolute atomic E-state index is 13.2.